The van der Waals surface area contributed by atoms with E-state index in [4.69, 9.17) is 22.1 Å². The molecule has 0 spiro atoms. The molecule has 0 aliphatic carbocycles. The van der Waals surface area contributed by atoms with Gasteiger partial charge in [-0.2, -0.15) is 0 Å². The lowest BCUT2D eigenvalue weighted by Crippen LogP contribution is -2.40. The van der Waals surface area contributed by atoms with E-state index in [9.17, 15) is 0 Å². The van der Waals surface area contributed by atoms with Crippen molar-refractivity contribution in [3.05, 3.63) is 34.9 Å². The van der Waals surface area contributed by atoms with Crippen LogP contribution in [-0.2, 0) is 11.3 Å². The first kappa shape index (κ1) is 12.5. The summed E-state index contributed by atoms with van der Waals surface area (Å²) in [6.07, 6.45) is 0.898. The maximum Gasteiger partial charge on any atom is 0.0732 e. The van der Waals surface area contributed by atoms with Gasteiger partial charge in [0.1, 0.15) is 0 Å². The minimum atomic E-state index is -0.249. The molecule has 3 heteroatoms. The Morgan fingerprint density at radius 2 is 2.07 bits per heavy atom. The second-order valence-corrected chi connectivity index (χ2v) is 4.50. The van der Waals surface area contributed by atoms with Gasteiger partial charge in [0, 0.05) is 10.6 Å². The highest BCUT2D eigenvalue weighted by Gasteiger charge is 2.15. The van der Waals surface area contributed by atoms with Crippen molar-refractivity contribution >= 4 is 11.6 Å². The lowest BCUT2D eigenvalue weighted by atomic mass is 10.0. The first-order valence-electron chi connectivity index (χ1n) is 5.15. The third-order valence-corrected chi connectivity index (χ3v) is 2.82. The van der Waals surface area contributed by atoms with Crippen LogP contribution in [0.15, 0.2) is 24.3 Å². The number of hydrogen-bond donors (Lipinski definition) is 1. The fourth-order valence-electron chi connectivity index (χ4n) is 1.11. The molecule has 1 aromatic carbocycles. The Hall–Kier alpha value is -0.570. The minimum absolute atomic E-state index is 0.249. The van der Waals surface area contributed by atoms with Gasteiger partial charge in [0.25, 0.3) is 0 Å². The first-order valence-corrected chi connectivity index (χ1v) is 5.53. The van der Waals surface area contributed by atoms with Gasteiger partial charge in [-0.15, -0.1) is 0 Å². The van der Waals surface area contributed by atoms with E-state index in [0.29, 0.717) is 13.2 Å². The average molecular weight is 228 g/mol. The van der Waals surface area contributed by atoms with Crippen molar-refractivity contribution in [2.45, 2.75) is 32.4 Å². The van der Waals surface area contributed by atoms with E-state index in [0.717, 1.165) is 17.0 Å². The zero-order valence-electron chi connectivity index (χ0n) is 9.29. The van der Waals surface area contributed by atoms with Gasteiger partial charge in [0.15, 0.2) is 0 Å². The van der Waals surface area contributed by atoms with Gasteiger partial charge < -0.3 is 10.5 Å². The molecule has 0 heterocycles. The standard InChI is InChI=1S/C12H18ClNO/c1-3-12(2,14)9-15-8-10-6-4-5-7-11(10)13/h4-7H,3,8-9,14H2,1-2H3. The molecular formula is C12H18ClNO. The minimum Gasteiger partial charge on any atom is -0.375 e. The van der Waals surface area contributed by atoms with Gasteiger partial charge in [-0.3, -0.25) is 0 Å². The third-order valence-electron chi connectivity index (χ3n) is 2.45. The Morgan fingerprint density at radius 1 is 1.40 bits per heavy atom. The summed E-state index contributed by atoms with van der Waals surface area (Å²) in [7, 11) is 0. The number of hydrogen-bond acceptors (Lipinski definition) is 2. The largest absolute Gasteiger partial charge is 0.375 e. The number of rotatable bonds is 5. The Labute approximate surface area is 96.4 Å². The van der Waals surface area contributed by atoms with E-state index in [1.54, 1.807) is 0 Å². The highest BCUT2D eigenvalue weighted by Crippen LogP contribution is 2.16. The summed E-state index contributed by atoms with van der Waals surface area (Å²) < 4.78 is 5.55. The molecular weight excluding hydrogens is 210 g/mol. The highest BCUT2D eigenvalue weighted by molar-refractivity contribution is 6.31. The molecule has 1 unspecified atom stereocenters. The molecule has 2 N–H and O–H groups in total. The van der Waals surface area contributed by atoms with Crippen molar-refractivity contribution in [3.8, 4) is 0 Å². The van der Waals surface area contributed by atoms with Crippen molar-refractivity contribution < 1.29 is 4.74 Å². The van der Waals surface area contributed by atoms with E-state index < -0.39 is 0 Å². The highest BCUT2D eigenvalue weighted by atomic mass is 35.5. The van der Waals surface area contributed by atoms with Crippen molar-refractivity contribution in [3.63, 3.8) is 0 Å². The van der Waals surface area contributed by atoms with E-state index in [1.807, 2.05) is 31.2 Å². The third kappa shape index (κ3) is 4.20. The zero-order valence-corrected chi connectivity index (χ0v) is 10.1. The Balaban J connectivity index is 2.42. The molecule has 0 aromatic heterocycles. The predicted octanol–water partition coefficient (Wildman–Crippen LogP) is 2.98. The van der Waals surface area contributed by atoms with Crippen LogP contribution in [0.2, 0.25) is 5.02 Å². The summed E-state index contributed by atoms with van der Waals surface area (Å²) in [6.45, 7) is 5.11. The maximum atomic E-state index is 6.00. The maximum absolute atomic E-state index is 6.00. The van der Waals surface area contributed by atoms with Crippen LogP contribution in [0.1, 0.15) is 25.8 Å². The smallest absolute Gasteiger partial charge is 0.0732 e. The summed E-state index contributed by atoms with van der Waals surface area (Å²) in [5.74, 6) is 0. The molecule has 0 amide bonds. The van der Waals surface area contributed by atoms with Gasteiger partial charge in [0.2, 0.25) is 0 Å². The summed E-state index contributed by atoms with van der Waals surface area (Å²) >= 11 is 6.00. The van der Waals surface area contributed by atoms with Crippen molar-refractivity contribution in [1.82, 2.24) is 0 Å². The topological polar surface area (TPSA) is 35.2 Å². The molecule has 2 nitrogen and oxygen atoms in total. The Kier molecular flexibility index (Phi) is 4.58. The lowest BCUT2D eigenvalue weighted by Gasteiger charge is -2.22. The lowest BCUT2D eigenvalue weighted by molar-refractivity contribution is 0.0778. The number of ether oxygens (including phenoxy) is 1. The zero-order chi connectivity index (χ0) is 11.3. The van der Waals surface area contributed by atoms with E-state index in [-0.39, 0.29) is 5.54 Å². The van der Waals surface area contributed by atoms with E-state index in [1.165, 1.54) is 0 Å². The van der Waals surface area contributed by atoms with Gasteiger partial charge in [0.05, 0.1) is 13.2 Å². The van der Waals surface area contributed by atoms with Crippen molar-refractivity contribution in [2.75, 3.05) is 6.61 Å². The summed E-state index contributed by atoms with van der Waals surface area (Å²) in [6, 6.07) is 7.68. The van der Waals surface area contributed by atoms with Crippen LogP contribution in [0.25, 0.3) is 0 Å². The molecule has 0 saturated heterocycles. The molecule has 1 aromatic rings. The molecule has 15 heavy (non-hydrogen) atoms. The fraction of sp³-hybridized carbons (Fsp3) is 0.500. The van der Waals surface area contributed by atoms with Gasteiger partial charge in [-0.05, 0) is 25.0 Å². The molecule has 0 bridgehead atoms. The predicted molar refractivity (Wildman–Crippen MR) is 64.0 cm³/mol. The molecule has 0 fully saturated rings. The normalized spacial score (nSPS) is 14.9. The van der Waals surface area contributed by atoms with Crippen LogP contribution in [0.5, 0.6) is 0 Å². The summed E-state index contributed by atoms with van der Waals surface area (Å²) in [5.41, 5.74) is 6.72. The molecule has 84 valence electrons. The number of nitrogens with two attached hydrogens (primary N) is 1. The fourth-order valence-corrected chi connectivity index (χ4v) is 1.30. The Morgan fingerprint density at radius 3 is 2.67 bits per heavy atom. The number of halogens is 1. The Bertz CT molecular complexity index is 312. The second kappa shape index (κ2) is 5.50. The summed E-state index contributed by atoms with van der Waals surface area (Å²) in [5, 5.41) is 0.743. The molecule has 0 aliphatic heterocycles. The van der Waals surface area contributed by atoms with Crippen LogP contribution in [0, 0.1) is 0 Å². The molecule has 0 radical (unpaired) electrons. The van der Waals surface area contributed by atoms with Crippen LogP contribution < -0.4 is 5.73 Å². The van der Waals surface area contributed by atoms with Gasteiger partial charge in [-0.1, -0.05) is 36.7 Å². The van der Waals surface area contributed by atoms with Crippen molar-refractivity contribution in [2.24, 2.45) is 5.73 Å². The molecule has 0 saturated carbocycles. The van der Waals surface area contributed by atoms with Gasteiger partial charge in [-0.25, -0.2) is 0 Å². The average Bonchev–Trinajstić information content (AvgIpc) is 2.21. The monoisotopic (exact) mass is 227 g/mol. The number of benzene rings is 1. The van der Waals surface area contributed by atoms with Crippen LogP contribution in [0.3, 0.4) is 0 Å². The van der Waals surface area contributed by atoms with Gasteiger partial charge >= 0.3 is 0 Å². The molecule has 0 aliphatic rings. The summed E-state index contributed by atoms with van der Waals surface area (Å²) in [4.78, 5) is 0. The van der Waals surface area contributed by atoms with E-state index >= 15 is 0 Å². The molecule has 1 atom stereocenters. The quantitative estimate of drug-likeness (QED) is 0.840. The van der Waals surface area contributed by atoms with Crippen LogP contribution in [0.4, 0.5) is 0 Å². The molecule has 1 rings (SSSR count). The first-order chi connectivity index (χ1) is 7.05. The SMILES string of the molecule is CCC(C)(N)COCc1ccccc1Cl. The van der Waals surface area contributed by atoms with Crippen LogP contribution >= 0.6 is 11.6 Å². The van der Waals surface area contributed by atoms with Crippen LogP contribution in [-0.4, -0.2) is 12.1 Å². The van der Waals surface area contributed by atoms with E-state index in [2.05, 4.69) is 6.92 Å². The second-order valence-electron chi connectivity index (χ2n) is 4.09. The van der Waals surface area contributed by atoms with Crippen molar-refractivity contribution in [1.29, 1.82) is 0 Å².